The molecule has 2 atom stereocenters. The zero-order chi connectivity index (χ0) is 19.8. The van der Waals surface area contributed by atoms with Crippen molar-refractivity contribution in [1.29, 1.82) is 0 Å². The summed E-state index contributed by atoms with van der Waals surface area (Å²) in [6.45, 7) is 4.50. The van der Waals surface area contributed by atoms with Gasteiger partial charge in [0.15, 0.2) is 11.6 Å². The fourth-order valence-corrected chi connectivity index (χ4v) is 3.81. The number of urea groups is 1. The summed E-state index contributed by atoms with van der Waals surface area (Å²) in [7, 11) is 0. The van der Waals surface area contributed by atoms with Crippen LogP contribution in [0.1, 0.15) is 38.7 Å². The number of hydrogen-bond acceptors (Lipinski definition) is 3. The predicted octanol–water partition coefficient (Wildman–Crippen LogP) is 2.23. The Balaban J connectivity index is 1.45. The fourth-order valence-electron chi connectivity index (χ4n) is 3.81. The number of carbonyl (C=O) groups is 2. The molecule has 1 aromatic rings. The third-order valence-corrected chi connectivity index (χ3v) is 5.83. The summed E-state index contributed by atoms with van der Waals surface area (Å²) in [5.74, 6) is -2.61. The van der Waals surface area contributed by atoms with Gasteiger partial charge < -0.3 is 15.7 Å². The summed E-state index contributed by atoms with van der Waals surface area (Å²) in [4.78, 5) is 24.9. The number of halogens is 2. The zero-order valence-corrected chi connectivity index (χ0v) is 15.5. The van der Waals surface area contributed by atoms with E-state index in [2.05, 4.69) is 10.6 Å². The molecule has 0 saturated heterocycles. The van der Waals surface area contributed by atoms with Crippen molar-refractivity contribution in [3.8, 4) is 0 Å². The van der Waals surface area contributed by atoms with Crippen molar-refractivity contribution < 1.29 is 23.5 Å². The van der Waals surface area contributed by atoms with E-state index in [9.17, 15) is 18.4 Å². The molecule has 2 aliphatic rings. The molecule has 6 nitrogen and oxygen atoms in total. The molecule has 2 saturated carbocycles. The van der Waals surface area contributed by atoms with Gasteiger partial charge >= 0.3 is 12.0 Å². The molecular weight excluding hydrogens is 356 g/mol. The summed E-state index contributed by atoms with van der Waals surface area (Å²) in [6, 6.07) is 3.63. The van der Waals surface area contributed by atoms with Crippen LogP contribution in [0.4, 0.5) is 13.6 Å². The molecule has 3 N–H and O–H groups in total. The highest BCUT2D eigenvalue weighted by Crippen LogP contribution is 2.48. The van der Waals surface area contributed by atoms with Gasteiger partial charge in [0.25, 0.3) is 0 Å². The second-order valence-electron chi connectivity index (χ2n) is 7.70. The Morgan fingerprint density at radius 2 is 1.96 bits per heavy atom. The van der Waals surface area contributed by atoms with Gasteiger partial charge in [0.2, 0.25) is 0 Å². The van der Waals surface area contributed by atoms with Gasteiger partial charge in [-0.3, -0.25) is 9.69 Å². The van der Waals surface area contributed by atoms with E-state index in [0.29, 0.717) is 18.5 Å². The number of carbonyl (C=O) groups excluding carboxylic acids is 1. The van der Waals surface area contributed by atoms with Crippen molar-refractivity contribution in [3.63, 3.8) is 0 Å². The van der Waals surface area contributed by atoms with Gasteiger partial charge in [-0.25, -0.2) is 13.6 Å². The van der Waals surface area contributed by atoms with Crippen LogP contribution in [0.15, 0.2) is 18.2 Å². The minimum atomic E-state index is -0.883. The highest BCUT2D eigenvalue weighted by Gasteiger charge is 2.52. The van der Waals surface area contributed by atoms with E-state index in [0.717, 1.165) is 18.9 Å². The monoisotopic (exact) mass is 381 g/mol. The molecule has 0 heterocycles. The first-order chi connectivity index (χ1) is 12.7. The quantitative estimate of drug-likeness (QED) is 0.677. The molecule has 0 spiro atoms. The van der Waals surface area contributed by atoms with Crippen molar-refractivity contribution in [2.24, 2.45) is 0 Å². The van der Waals surface area contributed by atoms with Gasteiger partial charge in [-0.05, 0) is 43.5 Å². The minimum Gasteiger partial charge on any atom is -0.480 e. The van der Waals surface area contributed by atoms with Gasteiger partial charge in [0.05, 0.1) is 6.54 Å². The molecule has 0 radical (unpaired) electrons. The van der Waals surface area contributed by atoms with Crippen molar-refractivity contribution in [2.75, 3.05) is 13.1 Å². The summed E-state index contributed by atoms with van der Waals surface area (Å²) < 4.78 is 26.5. The van der Waals surface area contributed by atoms with Crippen LogP contribution in [0.3, 0.4) is 0 Å². The van der Waals surface area contributed by atoms with E-state index < -0.39 is 23.0 Å². The Morgan fingerprint density at radius 3 is 2.56 bits per heavy atom. The summed E-state index contributed by atoms with van der Waals surface area (Å²) >= 11 is 0. The molecule has 8 heteroatoms. The highest BCUT2D eigenvalue weighted by molar-refractivity contribution is 5.75. The Bertz CT molecular complexity index is 739. The van der Waals surface area contributed by atoms with E-state index in [4.69, 9.17) is 5.11 Å². The number of amides is 2. The number of likely N-dealkylation sites (N-methyl/N-ethyl adjacent to an activating group) is 1. The summed E-state index contributed by atoms with van der Waals surface area (Å²) in [5.41, 5.74) is 0.275. The van der Waals surface area contributed by atoms with Crippen LogP contribution in [0, 0.1) is 11.6 Å². The maximum absolute atomic E-state index is 13.4. The van der Waals surface area contributed by atoms with Crippen molar-refractivity contribution in [3.05, 3.63) is 35.4 Å². The number of hydrogen-bond donors (Lipinski definition) is 3. The van der Waals surface area contributed by atoms with E-state index in [1.54, 1.807) is 6.07 Å². The lowest BCUT2D eigenvalue weighted by atomic mass is 9.85. The molecule has 0 aliphatic heterocycles. The summed E-state index contributed by atoms with van der Waals surface area (Å²) in [5, 5.41) is 14.7. The number of carboxylic acid groups (broad SMARTS) is 1. The first-order valence-corrected chi connectivity index (χ1v) is 9.21. The maximum atomic E-state index is 13.4. The van der Waals surface area contributed by atoms with Crippen LogP contribution in [0.25, 0.3) is 0 Å². The van der Waals surface area contributed by atoms with Crippen LogP contribution in [0.2, 0.25) is 0 Å². The molecule has 2 unspecified atom stereocenters. The fraction of sp³-hybridized carbons (Fsp3) is 0.579. The Morgan fingerprint density at radius 1 is 1.26 bits per heavy atom. The number of benzene rings is 1. The Hall–Kier alpha value is -2.22. The lowest BCUT2D eigenvalue weighted by Gasteiger charge is -2.42. The van der Waals surface area contributed by atoms with Crippen molar-refractivity contribution in [2.45, 2.75) is 56.7 Å². The van der Waals surface area contributed by atoms with E-state index in [1.807, 2.05) is 18.7 Å². The second-order valence-corrected chi connectivity index (χ2v) is 7.70. The van der Waals surface area contributed by atoms with Crippen LogP contribution in [0.5, 0.6) is 0 Å². The average molecular weight is 381 g/mol. The zero-order valence-electron chi connectivity index (χ0n) is 15.5. The second kappa shape index (κ2) is 7.42. The number of carboxylic acids is 1. The molecule has 2 fully saturated rings. The largest absolute Gasteiger partial charge is 0.480 e. The Labute approximate surface area is 156 Å². The van der Waals surface area contributed by atoms with E-state index in [-0.39, 0.29) is 30.7 Å². The number of nitrogens with zero attached hydrogens (tertiary/aromatic N) is 1. The van der Waals surface area contributed by atoms with Crippen LogP contribution in [-0.4, -0.2) is 53.2 Å². The number of aliphatic carboxylic acids is 1. The maximum Gasteiger partial charge on any atom is 0.317 e. The SMILES string of the molecule is CCN(CC(=O)O)C1CC(NC(=O)NC2CC2(C)c2ccc(F)c(F)c2)C1. The molecule has 0 bridgehead atoms. The van der Waals surface area contributed by atoms with Crippen LogP contribution in [-0.2, 0) is 10.2 Å². The first-order valence-electron chi connectivity index (χ1n) is 9.21. The van der Waals surface area contributed by atoms with Crippen molar-refractivity contribution in [1.82, 2.24) is 15.5 Å². The lowest BCUT2D eigenvalue weighted by molar-refractivity contribution is -0.139. The average Bonchev–Trinajstić information content (AvgIpc) is 3.21. The van der Waals surface area contributed by atoms with Crippen LogP contribution >= 0.6 is 0 Å². The van der Waals surface area contributed by atoms with Gasteiger partial charge in [0.1, 0.15) is 0 Å². The number of nitrogens with one attached hydrogen (secondary N) is 2. The van der Waals surface area contributed by atoms with Gasteiger partial charge in [-0.15, -0.1) is 0 Å². The third-order valence-electron chi connectivity index (χ3n) is 5.83. The van der Waals surface area contributed by atoms with Gasteiger partial charge in [-0.2, -0.15) is 0 Å². The smallest absolute Gasteiger partial charge is 0.317 e. The normalized spacial score (nSPS) is 29.1. The van der Waals surface area contributed by atoms with Gasteiger partial charge in [-0.1, -0.05) is 19.9 Å². The molecule has 2 amide bonds. The molecule has 3 rings (SSSR count). The van der Waals surface area contributed by atoms with Gasteiger partial charge in [0, 0.05) is 23.5 Å². The standard InChI is InChI=1S/C19H25F2N3O3/c1-3-24(10-17(25)26)13-7-12(8-13)22-18(27)23-16-9-19(16,2)11-4-5-14(20)15(21)6-11/h4-6,12-13,16H,3,7-10H2,1-2H3,(H,25,26)(H2,22,23,27). The molecule has 27 heavy (non-hydrogen) atoms. The first kappa shape index (κ1) is 19.5. The highest BCUT2D eigenvalue weighted by atomic mass is 19.2. The molecular formula is C19H25F2N3O3. The van der Waals surface area contributed by atoms with E-state index in [1.165, 1.54) is 6.07 Å². The lowest BCUT2D eigenvalue weighted by Crippen LogP contribution is -2.56. The predicted molar refractivity (Wildman–Crippen MR) is 95.5 cm³/mol. The molecule has 1 aromatic carbocycles. The Kier molecular flexibility index (Phi) is 5.37. The number of rotatable bonds is 7. The topological polar surface area (TPSA) is 81.7 Å². The van der Waals surface area contributed by atoms with E-state index >= 15 is 0 Å². The molecule has 148 valence electrons. The minimum absolute atomic E-state index is 0.00867. The third kappa shape index (κ3) is 4.21. The molecule has 2 aliphatic carbocycles. The van der Waals surface area contributed by atoms with Crippen LogP contribution < -0.4 is 10.6 Å². The summed E-state index contributed by atoms with van der Waals surface area (Å²) in [6.07, 6.45) is 2.11. The molecule has 0 aromatic heterocycles. The van der Waals surface area contributed by atoms with Crippen molar-refractivity contribution >= 4 is 12.0 Å².